The Kier molecular flexibility index (Phi) is 21.9. The largest absolute Gasteiger partial charge is 0.317 e. The molecule has 0 aromatic rings. The van der Waals surface area contributed by atoms with Crippen molar-refractivity contribution in [2.24, 2.45) is 0 Å². The monoisotopic (exact) mass is 348 g/mol. The molecule has 0 bridgehead atoms. The molecule has 0 saturated carbocycles. The summed E-state index contributed by atoms with van der Waals surface area (Å²) in [7, 11) is 0. The molecule has 4 nitrogen and oxygen atoms in total. The van der Waals surface area contributed by atoms with Crippen LogP contribution in [0.5, 0.6) is 0 Å². The molecule has 144 valence electrons. The third-order valence-electron chi connectivity index (χ3n) is 3.90. The Bertz CT molecular complexity index is 321. The van der Waals surface area contributed by atoms with Gasteiger partial charge in [0.1, 0.15) is 0 Å². The molecule has 4 N–H and O–H groups in total. The van der Waals surface area contributed by atoms with Crippen LogP contribution in [0.3, 0.4) is 0 Å². The Morgan fingerprint density at radius 3 is 1.28 bits per heavy atom. The average Bonchev–Trinajstić information content (AvgIpc) is 2.63. The molecule has 0 aromatic heterocycles. The van der Waals surface area contributed by atoms with Crippen LogP contribution in [-0.4, -0.2) is 52.4 Å². The predicted molar refractivity (Wildman–Crippen MR) is 111 cm³/mol. The van der Waals surface area contributed by atoms with Crippen LogP contribution in [-0.2, 0) is 0 Å². The molecule has 0 aliphatic carbocycles. The van der Waals surface area contributed by atoms with Gasteiger partial charge in [0.05, 0.1) is 0 Å². The van der Waals surface area contributed by atoms with Gasteiger partial charge in [-0.2, -0.15) is 0 Å². The molecule has 25 heavy (non-hydrogen) atoms. The van der Waals surface area contributed by atoms with Crippen LogP contribution < -0.4 is 21.3 Å². The zero-order chi connectivity index (χ0) is 18.3. The van der Waals surface area contributed by atoms with E-state index in [4.69, 9.17) is 0 Å². The van der Waals surface area contributed by atoms with Gasteiger partial charge >= 0.3 is 0 Å². The number of hydrogen-bond donors (Lipinski definition) is 4. The first-order valence-electron chi connectivity index (χ1n) is 9.93. The summed E-state index contributed by atoms with van der Waals surface area (Å²) in [6, 6.07) is 0. The van der Waals surface area contributed by atoms with Gasteiger partial charge in [0.15, 0.2) is 0 Å². The first-order valence-corrected chi connectivity index (χ1v) is 9.93. The van der Waals surface area contributed by atoms with Gasteiger partial charge in [-0.1, -0.05) is 32.4 Å². The maximum absolute atomic E-state index is 3.54. The molecular formula is C21H40N4. The number of hydrogen-bond acceptors (Lipinski definition) is 4. The number of nitrogens with one attached hydrogen (secondary N) is 4. The highest BCUT2D eigenvalue weighted by molar-refractivity contribution is 4.78. The van der Waals surface area contributed by atoms with E-state index in [2.05, 4.69) is 45.9 Å². The quantitative estimate of drug-likeness (QED) is 0.202. The molecule has 0 aromatic carbocycles. The van der Waals surface area contributed by atoms with Gasteiger partial charge in [0.25, 0.3) is 0 Å². The van der Waals surface area contributed by atoms with E-state index in [0.29, 0.717) is 0 Å². The minimum absolute atomic E-state index is 0.878. The van der Waals surface area contributed by atoms with Crippen LogP contribution in [0.25, 0.3) is 0 Å². The predicted octanol–water partition coefficient (Wildman–Crippen LogP) is 2.76. The minimum Gasteiger partial charge on any atom is -0.317 e. The van der Waals surface area contributed by atoms with Crippen LogP contribution >= 0.6 is 0 Å². The second kappa shape index (κ2) is 22.9. The highest BCUT2D eigenvalue weighted by Crippen LogP contribution is 2.01. The first-order chi connectivity index (χ1) is 12.4. The average molecular weight is 349 g/mol. The fourth-order valence-electron chi connectivity index (χ4n) is 2.45. The SMILES string of the molecule is C=C=CCNCCCNCCCCCCCNCCCNCC=C=C. The van der Waals surface area contributed by atoms with Gasteiger partial charge in [-0.05, 0) is 77.1 Å². The van der Waals surface area contributed by atoms with Gasteiger partial charge in [-0.15, -0.1) is 11.5 Å². The fraction of sp³-hybridized carbons (Fsp3) is 0.714. The number of rotatable bonds is 20. The Balaban J connectivity index is 3.00. The summed E-state index contributed by atoms with van der Waals surface area (Å²) in [6.45, 7) is 15.5. The molecule has 0 unspecified atom stereocenters. The van der Waals surface area contributed by atoms with Crippen molar-refractivity contribution in [2.45, 2.75) is 44.9 Å². The molecule has 0 fully saturated rings. The van der Waals surface area contributed by atoms with Crippen molar-refractivity contribution in [3.8, 4) is 0 Å². The van der Waals surface area contributed by atoms with Crippen molar-refractivity contribution in [3.05, 3.63) is 36.8 Å². The second-order valence-corrected chi connectivity index (χ2v) is 6.20. The van der Waals surface area contributed by atoms with Crippen molar-refractivity contribution >= 4 is 0 Å². The Morgan fingerprint density at radius 2 is 0.840 bits per heavy atom. The molecule has 0 heterocycles. The van der Waals surface area contributed by atoms with Crippen molar-refractivity contribution in [1.82, 2.24) is 21.3 Å². The summed E-state index contributed by atoms with van der Waals surface area (Å²) >= 11 is 0. The molecule has 0 aliphatic rings. The summed E-state index contributed by atoms with van der Waals surface area (Å²) in [5, 5.41) is 13.7. The van der Waals surface area contributed by atoms with Gasteiger partial charge < -0.3 is 21.3 Å². The van der Waals surface area contributed by atoms with Crippen LogP contribution in [0.15, 0.2) is 36.8 Å². The van der Waals surface area contributed by atoms with E-state index in [9.17, 15) is 0 Å². The van der Waals surface area contributed by atoms with E-state index in [0.717, 1.165) is 52.4 Å². The van der Waals surface area contributed by atoms with E-state index in [1.165, 1.54) is 44.9 Å². The van der Waals surface area contributed by atoms with Gasteiger partial charge in [-0.3, -0.25) is 0 Å². The lowest BCUT2D eigenvalue weighted by Crippen LogP contribution is -2.23. The standard InChI is InChI=1S/C21H40N4/c1-3-5-14-22-18-12-20-24-16-10-8-7-9-11-17-25-21-13-19-23-15-6-4-2/h5-6,22-25H,1-2,7-21H2. The zero-order valence-corrected chi connectivity index (χ0v) is 16.2. The summed E-state index contributed by atoms with van der Waals surface area (Å²) in [6.07, 6.45) is 12.8. The summed E-state index contributed by atoms with van der Waals surface area (Å²) in [4.78, 5) is 0. The number of unbranched alkanes of at least 4 members (excludes halogenated alkanes) is 4. The van der Waals surface area contributed by atoms with Gasteiger partial charge in [0.2, 0.25) is 0 Å². The van der Waals surface area contributed by atoms with E-state index in [1.807, 2.05) is 12.2 Å². The van der Waals surface area contributed by atoms with Crippen molar-refractivity contribution in [1.29, 1.82) is 0 Å². The maximum Gasteiger partial charge on any atom is 0.0209 e. The van der Waals surface area contributed by atoms with E-state index in [1.54, 1.807) is 0 Å². The smallest absolute Gasteiger partial charge is 0.0209 e. The Hall–Kier alpha value is -1.12. The normalized spacial score (nSPS) is 10.2. The topological polar surface area (TPSA) is 48.1 Å². The third kappa shape index (κ3) is 22.9. The summed E-state index contributed by atoms with van der Waals surface area (Å²) < 4.78 is 0. The van der Waals surface area contributed by atoms with Gasteiger partial charge in [0, 0.05) is 13.1 Å². The highest BCUT2D eigenvalue weighted by Gasteiger charge is 1.93. The van der Waals surface area contributed by atoms with E-state index in [-0.39, 0.29) is 0 Å². The molecule has 0 spiro atoms. The Labute approximate surface area is 155 Å². The van der Waals surface area contributed by atoms with Crippen LogP contribution in [0.1, 0.15) is 44.9 Å². The second-order valence-electron chi connectivity index (χ2n) is 6.20. The van der Waals surface area contributed by atoms with Gasteiger partial charge in [-0.25, -0.2) is 0 Å². The zero-order valence-electron chi connectivity index (χ0n) is 16.2. The van der Waals surface area contributed by atoms with Crippen molar-refractivity contribution in [3.63, 3.8) is 0 Å². The molecule has 4 heteroatoms. The lowest BCUT2D eigenvalue weighted by atomic mass is 10.1. The maximum atomic E-state index is 3.54. The molecule has 0 aliphatic heterocycles. The van der Waals surface area contributed by atoms with E-state index >= 15 is 0 Å². The molecule has 0 amide bonds. The highest BCUT2D eigenvalue weighted by atomic mass is 14.9. The van der Waals surface area contributed by atoms with Crippen molar-refractivity contribution < 1.29 is 0 Å². The lowest BCUT2D eigenvalue weighted by molar-refractivity contribution is 0.541. The molecular weight excluding hydrogens is 308 g/mol. The molecule has 0 atom stereocenters. The van der Waals surface area contributed by atoms with Crippen LogP contribution in [0.4, 0.5) is 0 Å². The summed E-state index contributed by atoms with van der Waals surface area (Å²) in [5.41, 5.74) is 5.53. The minimum atomic E-state index is 0.878. The van der Waals surface area contributed by atoms with E-state index < -0.39 is 0 Å². The lowest BCUT2D eigenvalue weighted by Gasteiger charge is -2.06. The van der Waals surface area contributed by atoms with Crippen molar-refractivity contribution in [2.75, 3.05) is 52.4 Å². The Morgan fingerprint density at radius 1 is 0.480 bits per heavy atom. The molecule has 0 saturated heterocycles. The van der Waals surface area contributed by atoms with Crippen LogP contribution in [0, 0.1) is 0 Å². The first kappa shape index (κ1) is 23.9. The summed E-state index contributed by atoms with van der Waals surface area (Å²) in [5.74, 6) is 0. The molecule has 0 rings (SSSR count). The molecule has 0 radical (unpaired) electrons. The van der Waals surface area contributed by atoms with Crippen LogP contribution in [0.2, 0.25) is 0 Å². The fourth-order valence-corrected chi connectivity index (χ4v) is 2.45. The third-order valence-corrected chi connectivity index (χ3v) is 3.90.